The molecule has 0 saturated heterocycles. The van der Waals surface area contributed by atoms with Gasteiger partial charge in [-0.2, -0.15) is 0 Å². The average molecular weight is 337 g/mol. The van der Waals surface area contributed by atoms with Crippen LogP contribution in [0.1, 0.15) is 37.0 Å². The second-order valence-electron chi connectivity index (χ2n) is 6.03. The lowest BCUT2D eigenvalue weighted by Gasteiger charge is -2.27. The lowest BCUT2D eigenvalue weighted by Crippen LogP contribution is -2.18. The van der Waals surface area contributed by atoms with Gasteiger partial charge in [0, 0.05) is 11.3 Å². The third-order valence-electron chi connectivity index (χ3n) is 3.96. The van der Waals surface area contributed by atoms with Gasteiger partial charge >= 0.3 is 0 Å². The van der Waals surface area contributed by atoms with Crippen LogP contribution in [0.3, 0.4) is 0 Å². The number of hydrogen-bond acceptors (Lipinski definition) is 1. The van der Waals surface area contributed by atoms with Crippen LogP contribution >= 0.6 is 23.2 Å². The summed E-state index contributed by atoms with van der Waals surface area (Å²) in [4.78, 5) is 0. The summed E-state index contributed by atoms with van der Waals surface area (Å²) >= 11 is 12.0. The molecule has 0 atom stereocenters. The van der Waals surface area contributed by atoms with Gasteiger partial charge in [0.15, 0.2) is 0 Å². The van der Waals surface area contributed by atoms with Crippen molar-refractivity contribution in [2.45, 2.75) is 32.6 Å². The van der Waals surface area contributed by atoms with Crippen molar-refractivity contribution < 1.29 is 4.74 Å². The Morgan fingerprint density at radius 2 is 1.64 bits per heavy atom. The fraction of sp³-hybridized carbons (Fsp3) is 0.368. The molecule has 0 radical (unpaired) electrons. The topological polar surface area (TPSA) is 9.23 Å². The predicted octanol–water partition coefficient (Wildman–Crippen LogP) is 5.98. The first kappa shape index (κ1) is 17.2. The summed E-state index contributed by atoms with van der Waals surface area (Å²) in [6.45, 7) is 7.10. The van der Waals surface area contributed by atoms with Gasteiger partial charge in [-0.25, -0.2) is 0 Å². The number of benzene rings is 2. The van der Waals surface area contributed by atoms with Gasteiger partial charge in [0.1, 0.15) is 5.75 Å². The number of ether oxygens (including phenoxy) is 1. The lowest BCUT2D eigenvalue weighted by atomic mass is 9.78. The summed E-state index contributed by atoms with van der Waals surface area (Å²) in [7, 11) is 0. The molecular formula is C19H22Cl2O. The van der Waals surface area contributed by atoms with Gasteiger partial charge in [-0.3, -0.25) is 0 Å². The maximum Gasteiger partial charge on any atom is 0.137 e. The maximum atomic E-state index is 6.37. The first-order valence-corrected chi connectivity index (χ1v) is 8.42. The van der Waals surface area contributed by atoms with Gasteiger partial charge in [0.2, 0.25) is 0 Å². The molecule has 0 spiro atoms. The molecule has 0 heterocycles. The second kappa shape index (κ2) is 7.39. The Morgan fingerprint density at radius 1 is 1.00 bits per heavy atom. The van der Waals surface area contributed by atoms with Crippen molar-refractivity contribution in [2.24, 2.45) is 0 Å². The maximum absolute atomic E-state index is 6.37. The largest absolute Gasteiger partial charge is 0.492 e. The van der Waals surface area contributed by atoms with E-state index in [0.717, 1.165) is 12.2 Å². The highest BCUT2D eigenvalue weighted by atomic mass is 35.5. The Kier molecular flexibility index (Phi) is 5.77. The number of halogens is 2. The van der Waals surface area contributed by atoms with Gasteiger partial charge in [0.25, 0.3) is 0 Å². The van der Waals surface area contributed by atoms with E-state index in [-0.39, 0.29) is 5.41 Å². The molecule has 0 fully saturated rings. The SMILES string of the molecule is Cc1ccc(C(C)(C)c2ccc(OCCCCl)c(Cl)c2)cc1. The first-order valence-electron chi connectivity index (χ1n) is 7.51. The molecule has 2 aromatic rings. The lowest BCUT2D eigenvalue weighted by molar-refractivity contribution is 0.318. The molecule has 0 N–H and O–H groups in total. The van der Waals surface area contributed by atoms with Crippen LogP contribution in [0.2, 0.25) is 5.02 Å². The Bertz CT molecular complexity index is 618. The summed E-state index contributed by atoms with van der Waals surface area (Å²) in [6.07, 6.45) is 0.814. The first-order chi connectivity index (χ1) is 10.4. The molecule has 0 amide bonds. The smallest absolute Gasteiger partial charge is 0.137 e. The monoisotopic (exact) mass is 336 g/mol. The predicted molar refractivity (Wildman–Crippen MR) is 95.6 cm³/mol. The van der Waals surface area contributed by atoms with E-state index in [2.05, 4.69) is 51.1 Å². The summed E-state index contributed by atoms with van der Waals surface area (Å²) in [5.74, 6) is 1.31. The Morgan fingerprint density at radius 3 is 2.23 bits per heavy atom. The number of alkyl halides is 1. The zero-order valence-corrected chi connectivity index (χ0v) is 14.8. The Hall–Kier alpha value is -1.18. The van der Waals surface area contributed by atoms with Crippen LogP contribution in [-0.2, 0) is 5.41 Å². The molecule has 0 aliphatic carbocycles. The van der Waals surface area contributed by atoms with Crippen molar-refractivity contribution >= 4 is 23.2 Å². The van der Waals surface area contributed by atoms with Crippen LogP contribution in [0.15, 0.2) is 42.5 Å². The van der Waals surface area contributed by atoms with Gasteiger partial charge < -0.3 is 4.74 Å². The summed E-state index contributed by atoms with van der Waals surface area (Å²) in [5, 5.41) is 0.646. The zero-order valence-electron chi connectivity index (χ0n) is 13.3. The molecule has 0 aliphatic rings. The molecule has 3 heteroatoms. The highest BCUT2D eigenvalue weighted by Crippen LogP contribution is 2.35. The highest BCUT2D eigenvalue weighted by molar-refractivity contribution is 6.32. The normalized spacial score (nSPS) is 11.5. The number of aryl methyl sites for hydroxylation is 1. The standard InChI is InChI=1S/C19H22Cl2O/c1-14-5-7-15(8-6-14)19(2,3)16-9-10-18(17(21)13-16)22-12-4-11-20/h5-10,13H,4,11-12H2,1-3H3. The van der Waals surface area contributed by atoms with E-state index >= 15 is 0 Å². The fourth-order valence-corrected chi connectivity index (χ4v) is 2.72. The minimum atomic E-state index is -0.105. The van der Waals surface area contributed by atoms with Crippen molar-refractivity contribution in [3.8, 4) is 5.75 Å². The van der Waals surface area contributed by atoms with E-state index in [0.29, 0.717) is 17.5 Å². The Labute approximate surface area is 143 Å². The number of rotatable bonds is 6. The van der Waals surface area contributed by atoms with Crippen LogP contribution in [0.25, 0.3) is 0 Å². The molecule has 2 aromatic carbocycles. The van der Waals surface area contributed by atoms with E-state index in [1.165, 1.54) is 16.7 Å². The molecule has 1 nitrogen and oxygen atoms in total. The third-order valence-corrected chi connectivity index (χ3v) is 4.52. The van der Waals surface area contributed by atoms with Crippen LogP contribution in [-0.4, -0.2) is 12.5 Å². The molecule has 22 heavy (non-hydrogen) atoms. The molecule has 0 aliphatic heterocycles. The molecule has 0 aromatic heterocycles. The van der Waals surface area contributed by atoms with Gasteiger partial charge in [-0.1, -0.05) is 61.3 Å². The summed E-state index contributed by atoms with van der Waals surface area (Å²) < 4.78 is 5.65. The zero-order chi connectivity index (χ0) is 16.2. The van der Waals surface area contributed by atoms with Crippen molar-refractivity contribution in [3.63, 3.8) is 0 Å². The van der Waals surface area contributed by atoms with Crippen molar-refractivity contribution in [1.29, 1.82) is 0 Å². The molecule has 118 valence electrons. The van der Waals surface area contributed by atoms with Crippen molar-refractivity contribution in [3.05, 3.63) is 64.2 Å². The molecule has 0 saturated carbocycles. The van der Waals surface area contributed by atoms with E-state index in [9.17, 15) is 0 Å². The van der Waals surface area contributed by atoms with Crippen molar-refractivity contribution in [1.82, 2.24) is 0 Å². The van der Waals surface area contributed by atoms with E-state index in [1.807, 2.05) is 12.1 Å². The molecule has 2 rings (SSSR count). The van der Waals surface area contributed by atoms with E-state index in [4.69, 9.17) is 27.9 Å². The highest BCUT2D eigenvalue weighted by Gasteiger charge is 2.23. The summed E-state index contributed by atoms with van der Waals surface area (Å²) in [5.41, 5.74) is 3.60. The fourth-order valence-electron chi connectivity index (χ4n) is 2.38. The number of hydrogen-bond donors (Lipinski definition) is 0. The van der Waals surface area contributed by atoms with Crippen molar-refractivity contribution in [2.75, 3.05) is 12.5 Å². The minimum Gasteiger partial charge on any atom is -0.492 e. The van der Waals surface area contributed by atoms with Crippen LogP contribution in [0, 0.1) is 6.92 Å². The molecule has 0 unspecified atom stereocenters. The second-order valence-corrected chi connectivity index (χ2v) is 6.81. The molecular weight excluding hydrogens is 315 g/mol. The molecule has 0 bridgehead atoms. The average Bonchev–Trinajstić information content (AvgIpc) is 2.49. The third kappa shape index (κ3) is 3.97. The van der Waals surface area contributed by atoms with Crippen LogP contribution in [0.5, 0.6) is 5.75 Å². The van der Waals surface area contributed by atoms with E-state index < -0.39 is 0 Å². The van der Waals surface area contributed by atoms with Gasteiger partial charge in [0.05, 0.1) is 11.6 Å². The Balaban J connectivity index is 2.24. The van der Waals surface area contributed by atoms with Gasteiger partial charge in [-0.15, -0.1) is 11.6 Å². The quantitative estimate of drug-likeness (QED) is 0.465. The summed E-state index contributed by atoms with van der Waals surface area (Å²) in [6, 6.07) is 14.7. The van der Waals surface area contributed by atoms with E-state index in [1.54, 1.807) is 0 Å². The minimum absolute atomic E-state index is 0.105. The van der Waals surface area contributed by atoms with Crippen LogP contribution < -0.4 is 4.74 Å². The van der Waals surface area contributed by atoms with Crippen LogP contribution in [0.4, 0.5) is 0 Å². The van der Waals surface area contributed by atoms with Gasteiger partial charge in [-0.05, 0) is 36.6 Å².